The molecule has 5 heterocycles. The first-order valence-corrected chi connectivity index (χ1v) is 25.3. The summed E-state index contributed by atoms with van der Waals surface area (Å²) in [6.07, 6.45) is -46.5. The van der Waals surface area contributed by atoms with Gasteiger partial charge in [-0.2, -0.15) is 0 Å². The Kier molecular flexibility index (Phi) is 24.3. The van der Waals surface area contributed by atoms with Gasteiger partial charge in [-0.15, -0.1) is 0 Å². The van der Waals surface area contributed by atoms with E-state index in [1.54, 1.807) is 0 Å². The Hall–Kier alpha value is -4.14. The molecule has 36 heteroatoms. The maximum Gasteiger partial charge on any atom is 0.364 e. The van der Waals surface area contributed by atoms with Crippen LogP contribution in [0.4, 0.5) is 0 Å². The Labute approximate surface area is 459 Å². The van der Waals surface area contributed by atoms with E-state index in [1.165, 1.54) is 6.92 Å². The highest BCUT2D eigenvalue weighted by atomic mass is 16.8. The van der Waals surface area contributed by atoms with Gasteiger partial charge in [0.05, 0.1) is 44.7 Å². The lowest BCUT2D eigenvalue weighted by atomic mass is 9.88. The van der Waals surface area contributed by atoms with E-state index in [4.69, 9.17) is 57.8 Å². The molecule has 20 N–H and O–H groups in total. The quantitative estimate of drug-likeness (QED) is 0.0399. The Bertz CT molecular complexity index is 2120. The van der Waals surface area contributed by atoms with Gasteiger partial charge in [-0.1, -0.05) is 0 Å². The third-order valence-electron chi connectivity index (χ3n) is 13.9. The molecule has 0 aliphatic carbocycles. The summed E-state index contributed by atoms with van der Waals surface area (Å²) in [5, 5.41) is 170. The smallest absolute Gasteiger partial charge is 0.364 e. The van der Waals surface area contributed by atoms with Crippen LogP contribution in [0.25, 0.3) is 0 Å². The van der Waals surface area contributed by atoms with Gasteiger partial charge in [0.15, 0.2) is 25.2 Å². The van der Waals surface area contributed by atoms with Crippen molar-refractivity contribution in [1.82, 2.24) is 16.0 Å². The number of hydrogen-bond acceptors (Lipinski definition) is 31. The fraction of sp³-hybridized carbons (Fsp3) is 0.867. The third kappa shape index (κ3) is 15.8. The topological polar surface area (TPSA) is 570 Å². The molecule has 5 saturated heterocycles. The molecular weight excluding hydrogens is 1110 g/mol. The van der Waals surface area contributed by atoms with E-state index in [1.807, 2.05) is 0 Å². The molecule has 5 rings (SSSR count). The number of nitrogens with two attached hydrogens (primary N) is 1. The van der Waals surface area contributed by atoms with Crippen molar-refractivity contribution in [3.63, 3.8) is 0 Å². The van der Waals surface area contributed by atoms with Crippen LogP contribution in [-0.2, 0) is 80.9 Å². The molecule has 36 nitrogen and oxygen atoms in total. The molecule has 466 valence electrons. The van der Waals surface area contributed by atoms with Gasteiger partial charge in [-0.3, -0.25) is 24.0 Å². The second-order valence-electron chi connectivity index (χ2n) is 19.9. The SMILES string of the molecule is CC(=O)N[C@H]1[C@H]([C@H](O)[C@H](O)COC(C)=O)O[C@@](O[C@@H]2[C@H](O)[C@@H](O)C(O[C@@H]3[C@H](O)[C@@H](O)C(O[C@H]4[C@H](O)[C@@H](NC(C)=O)C(O[C@@H]5[C@H](O)[C@@H](NC(C)=O)C(O[C@H](C)[C@H](N)C(=O)O)O[C@@H]5CO)O[C@@H]4CO)O[C@@H]3CO)O[C@@H]2CO)(C(=O)O)C[C@@H]1O. The molecule has 0 saturated carbocycles. The van der Waals surface area contributed by atoms with E-state index in [9.17, 15) is 105 Å². The molecule has 0 aromatic heterocycles. The summed E-state index contributed by atoms with van der Waals surface area (Å²) in [7, 11) is 0. The lowest BCUT2D eigenvalue weighted by Gasteiger charge is -2.51. The minimum atomic E-state index is -3.15. The third-order valence-corrected chi connectivity index (χ3v) is 13.9. The van der Waals surface area contributed by atoms with E-state index in [0.29, 0.717) is 0 Å². The summed E-state index contributed by atoms with van der Waals surface area (Å²) < 4.78 is 62.3. The molecule has 28 atom stereocenters. The van der Waals surface area contributed by atoms with Crippen molar-refractivity contribution in [2.45, 2.75) is 212 Å². The normalized spacial score (nSPS) is 41.6. The number of esters is 1. The van der Waals surface area contributed by atoms with Gasteiger partial charge in [0.2, 0.25) is 17.7 Å². The monoisotopic (exact) mass is 1180 g/mol. The highest BCUT2D eigenvalue weighted by Gasteiger charge is 2.61. The summed E-state index contributed by atoms with van der Waals surface area (Å²) >= 11 is 0. The Morgan fingerprint density at radius 2 is 0.975 bits per heavy atom. The standard InChI is InChI=1S/C45H74N4O32/c1-12(23(46)39(67)68)72-40-25(48-14(3)55)28(61)34(19(7-50)73-40)77-41-26(49-15(4)56)29(62)35(20(8-51)74-41)78-42-32(65)30(63)36(21(9-52)75-42)79-43-33(66)31(64)37(22(10-53)76-43)80-45(44(69)70)6-17(58)24(47-13(2)54)38(81-45)27(60)18(59)11-71-16(5)57/h12,17-38,40-43,50-53,58-66H,6-11,46H2,1-5H3,(H,47,54)(H,48,55)(H,49,56)(H,67,68)(H,69,70)/t12-,17+,18-,19-,20-,21-,22-,23+,24-,25-,26-,27-,28-,29-,30-,31-,32-,33-,34+,35-,36+,37+,38-,40?,41?,42?,43?,45-/m1/s1. The Balaban J connectivity index is 1.32. The largest absolute Gasteiger partial charge is 0.480 e. The van der Waals surface area contributed by atoms with Crippen LogP contribution >= 0.6 is 0 Å². The maximum atomic E-state index is 13.0. The van der Waals surface area contributed by atoms with Gasteiger partial charge in [0, 0.05) is 34.1 Å². The summed E-state index contributed by atoms with van der Waals surface area (Å²) in [5.74, 6) is -9.98. The summed E-state index contributed by atoms with van der Waals surface area (Å²) in [5.41, 5.74) is 5.66. The fourth-order valence-electron chi connectivity index (χ4n) is 9.75. The van der Waals surface area contributed by atoms with Crippen molar-refractivity contribution < 1.29 is 157 Å². The zero-order valence-electron chi connectivity index (χ0n) is 44.1. The molecule has 0 aromatic rings. The number of amides is 3. The number of ether oxygens (including phenoxy) is 11. The Morgan fingerprint density at radius 3 is 1.41 bits per heavy atom. The van der Waals surface area contributed by atoms with Crippen molar-refractivity contribution in [3.05, 3.63) is 0 Å². The maximum absolute atomic E-state index is 13.0. The van der Waals surface area contributed by atoms with Gasteiger partial charge in [-0.25, -0.2) is 4.79 Å². The first kappa shape index (κ1) is 67.6. The fourth-order valence-corrected chi connectivity index (χ4v) is 9.75. The number of carboxylic acid groups (broad SMARTS) is 2. The number of carboxylic acids is 2. The summed E-state index contributed by atoms with van der Waals surface area (Å²) in [6, 6.07) is -6.58. The number of carbonyl (C=O) groups excluding carboxylic acids is 4. The van der Waals surface area contributed by atoms with Gasteiger partial charge in [0.25, 0.3) is 5.79 Å². The van der Waals surface area contributed by atoms with Crippen molar-refractivity contribution in [3.8, 4) is 0 Å². The molecule has 0 aromatic carbocycles. The van der Waals surface area contributed by atoms with E-state index in [0.717, 1.165) is 27.7 Å². The molecule has 5 aliphatic heterocycles. The minimum Gasteiger partial charge on any atom is -0.480 e. The van der Waals surface area contributed by atoms with E-state index in [-0.39, 0.29) is 0 Å². The predicted octanol–water partition coefficient (Wildman–Crippen LogP) is -11.9. The number of aliphatic hydroxyl groups excluding tert-OH is 13. The molecule has 81 heavy (non-hydrogen) atoms. The Morgan fingerprint density at radius 1 is 0.580 bits per heavy atom. The average Bonchev–Trinajstić information content (AvgIpc) is 3.57. The zero-order chi connectivity index (χ0) is 60.7. The molecule has 5 aliphatic rings. The highest BCUT2D eigenvalue weighted by Crippen LogP contribution is 2.39. The molecule has 3 amide bonds. The van der Waals surface area contributed by atoms with Gasteiger partial charge < -0.3 is 150 Å². The van der Waals surface area contributed by atoms with Crippen LogP contribution in [0.5, 0.6) is 0 Å². The van der Waals surface area contributed by atoms with Gasteiger partial charge in [0.1, 0.15) is 128 Å². The van der Waals surface area contributed by atoms with Crippen molar-refractivity contribution in [2.24, 2.45) is 5.73 Å². The molecule has 4 unspecified atom stereocenters. The minimum absolute atomic E-state index is 0.750. The van der Waals surface area contributed by atoms with Crippen LogP contribution < -0.4 is 21.7 Å². The molecule has 5 fully saturated rings. The van der Waals surface area contributed by atoms with Crippen LogP contribution in [0.2, 0.25) is 0 Å². The second kappa shape index (κ2) is 29.1. The molecule has 0 radical (unpaired) electrons. The van der Waals surface area contributed by atoms with Crippen molar-refractivity contribution in [1.29, 1.82) is 0 Å². The number of carbonyl (C=O) groups is 6. The lowest BCUT2D eigenvalue weighted by Crippen LogP contribution is -2.71. The van der Waals surface area contributed by atoms with Gasteiger partial charge in [-0.05, 0) is 6.92 Å². The first-order chi connectivity index (χ1) is 37.9. The second-order valence-corrected chi connectivity index (χ2v) is 19.9. The average molecular weight is 1180 g/mol. The predicted molar refractivity (Wildman–Crippen MR) is 252 cm³/mol. The summed E-state index contributed by atoms with van der Waals surface area (Å²) in [6.45, 7) is 0.125. The van der Waals surface area contributed by atoms with Gasteiger partial charge >= 0.3 is 17.9 Å². The first-order valence-electron chi connectivity index (χ1n) is 25.3. The molecule has 0 bridgehead atoms. The van der Waals surface area contributed by atoms with E-state index in [2.05, 4.69) is 16.0 Å². The van der Waals surface area contributed by atoms with Crippen LogP contribution in [0, 0.1) is 0 Å². The van der Waals surface area contributed by atoms with Crippen LogP contribution in [0.15, 0.2) is 0 Å². The molecule has 0 spiro atoms. The van der Waals surface area contributed by atoms with Crippen LogP contribution in [0.3, 0.4) is 0 Å². The number of hydrogen-bond donors (Lipinski definition) is 19. The highest BCUT2D eigenvalue weighted by molar-refractivity contribution is 5.77. The lowest BCUT2D eigenvalue weighted by molar-refractivity contribution is -0.391. The van der Waals surface area contributed by atoms with E-state index < -0.39 is 246 Å². The van der Waals surface area contributed by atoms with Crippen molar-refractivity contribution in [2.75, 3.05) is 33.0 Å². The van der Waals surface area contributed by atoms with Crippen molar-refractivity contribution >= 4 is 35.6 Å². The number of rotatable bonds is 24. The summed E-state index contributed by atoms with van der Waals surface area (Å²) in [4.78, 5) is 72.8. The zero-order valence-corrected chi connectivity index (χ0v) is 44.1. The number of aliphatic hydroxyl groups is 13. The molecular formula is C45H74N4O32. The number of nitrogens with one attached hydrogen (secondary N) is 3. The van der Waals surface area contributed by atoms with Crippen LogP contribution in [0.1, 0.15) is 41.0 Å². The van der Waals surface area contributed by atoms with Crippen LogP contribution in [-0.4, -0.2) is 316 Å². The van der Waals surface area contributed by atoms with E-state index >= 15 is 0 Å². The number of aliphatic carboxylic acids is 2.